The van der Waals surface area contributed by atoms with Crippen LogP contribution >= 0.6 is 15.9 Å². The first kappa shape index (κ1) is 21.8. The highest BCUT2D eigenvalue weighted by Crippen LogP contribution is 2.33. The van der Waals surface area contributed by atoms with E-state index < -0.39 is 5.82 Å². The largest absolute Gasteiger partial charge is 0.395 e. The van der Waals surface area contributed by atoms with Crippen LogP contribution in [0.25, 0.3) is 27.6 Å². The lowest BCUT2D eigenvalue weighted by Crippen LogP contribution is -2.31. The van der Waals surface area contributed by atoms with Gasteiger partial charge in [0, 0.05) is 42.7 Å². The van der Waals surface area contributed by atoms with Crippen LogP contribution in [0.4, 0.5) is 4.39 Å². The number of carbonyl (C=O) groups excluding carboxylic acids is 1. The SMILES string of the molecule is O=C(NCCO)[C@@H]1CC[C@@H](Cc2ncc3c(Br)nn(-c4cc(F)c5ncccc5c4)c3n2)C1. The molecule has 0 radical (unpaired) electrons. The summed E-state index contributed by atoms with van der Waals surface area (Å²) in [4.78, 5) is 25.6. The van der Waals surface area contributed by atoms with Gasteiger partial charge in [0.05, 0.1) is 17.7 Å². The molecule has 8 nitrogen and oxygen atoms in total. The highest BCUT2D eigenvalue weighted by atomic mass is 79.9. The number of benzene rings is 1. The van der Waals surface area contributed by atoms with Crippen LogP contribution in [0.3, 0.4) is 0 Å². The molecule has 10 heteroatoms. The first-order valence-electron chi connectivity index (χ1n) is 10.9. The van der Waals surface area contributed by atoms with Crippen molar-refractivity contribution >= 4 is 43.8 Å². The van der Waals surface area contributed by atoms with Crippen LogP contribution in [0.2, 0.25) is 0 Å². The van der Waals surface area contributed by atoms with Crippen molar-refractivity contribution in [1.29, 1.82) is 0 Å². The Bertz CT molecular complexity index is 1340. The van der Waals surface area contributed by atoms with E-state index in [1.165, 1.54) is 6.07 Å². The minimum absolute atomic E-state index is 0.00209. The normalized spacial score (nSPS) is 18.3. The number of hydrogen-bond acceptors (Lipinski definition) is 6. The molecule has 0 unspecified atom stereocenters. The van der Waals surface area contributed by atoms with Crippen LogP contribution in [0.1, 0.15) is 25.1 Å². The topological polar surface area (TPSA) is 106 Å². The van der Waals surface area contributed by atoms with Crippen LogP contribution in [0.5, 0.6) is 0 Å². The highest BCUT2D eigenvalue weighted by Gasteiger charge is 2.30. The average molecular weight is 513 g/mol. The molecule has 5 rings (SSSR count). The zero-order valence-corrected chi connectivity index (χ0v) is 19.3. The Labute approximate surface area is 197 Å². The molecule has 1 aromatic carbocycles. The summed E-state index contributed by atoms with van der Waals surface area (Å²) in [5.41, 5.74) is 1.45. The van der Waals surface area contributed by atoms with Crippen LogP contribution in [0, 0.1) is 17.7 Å². The van der Waals surface area contributed by atoms with E-state index in [1.807, 2.05) is 12.1 Å². The van der Waals surface area contributed by atoms with Gasteiger partial charge in [-0.1, -0.05) is 6.07 Å². The third-order valence-electron chi connectivity index (χ3n) is 6.11. The molecule has 0 saturated heterocycles. The fourth-order valence-electron chi connectivity index (χ4n) is 4.52. The zero-order valence-electron chi connectivity index (χ0n) is 17.7. The summed E-state index contributed by atoms with van der Waals surface area (Å²) >= 11 is 3.46. The number of hydrogen-bond donors (Lipinski definition) is 2. The zero-order chi connectivity index (χ0) is 22.9. The Morgan fingerprint density at radius 3 is 3.03 bits per heavy atom. The molecule has 0 aliphatic heterocycles. The summed E-state index contributed by atoms with van der Waals surface area (Å²) in [5.74, 6) is 0.502. The summed E-state index contributed by atoms with van der Waals surface area (Å²) in [7, 11) is 0. The van der Waals surface area contributed by atoms with Gasteiger partial charge in [-0.05, 0) is 53.2 Å². The van der Waals surface area contributed by atoms with Crippen molar-refractivity contribution in [3.8, 4) is 5.69 Å². The van der Waals surface area contributed by atoms with Crippen molar-refractivity contribution in [2.45, 2.75) is 25.7 Å². The molecule has 1 saturated carbocycles. The Morgan fingerprint density at radius 2 is 2.18 bits per heavy atom. The summed E-state index contributed by atoms with van der Waals surface area (Å²) in [6.07, 6.45) is 6.45. The molecule has 1 fully saturated rings. The van der Waals surface area contributed by atoms with Gasteiger partial charge in [0.15, 0.2) is 11.5 Å². The molecule has 1 aliphatic rings. The van der Waals surface area contributed by atoms with Gasteiger partial charge in [-0.2, -0.15) is 5.10 Å². The van der Waals surface area contributed by atoms with Gasteiger partial charge in [0.1, 0.15) is 15.9 Å². The first-order chi connectivity index (χ1) is 16.0. The van der Waals surface area contributed by atoms with Gasteiger partial charge in [0.25, 0.3) is 0 Å². The van der Waals surface area contributed by atoms with E-state index in [4.69, 9.17) is 10.1 Å². The van der Waals surface area contributed by atoms with Crippen molar-refractivity contribution in [3.05, 3.63) is 52.9 Å². The lowest BCUT2D eigenvalue weighted by Gasteiger charge is -2.11. The molecular weight excluding hydrogens is 491 g/mol. The van der Waals surface area contributed by atoms with E-state index in [0.717, 1.165) is 24.6 Å². The monoisotopic (exact) mass is 512 g/mol. The molecule has 1 aliphatic carbocycles. The number of amides is 1. The fraction of sp³-hybridized carbons (Fsp3) is 0.348. The van der Waals surface area contributed by atoms with Crippen molar-refractivity contribution in [2.75, 3.05) is 13.2 Å². The number of aromatic nitrogens is 5. The number of nitrogens with one attached hydrogen (secondary N) is 1. The van der Waals surface area contributed by atoms with Gasteiger partial charge in [-0.3, -0.25) is 9.78 Å². The van der Waals surface area contributed by atoms with Crippen LogP contribution in [-0.2, 0) is 11.2 Å². The van der Waals surface area contributed by atoms with Gasteiger partial charge in [0.2, 0.25) is 5.91 Å². The molecule has 0 spiro atoms. The second-order valence-corrected chi connectivity index (χ2v) is 9.07. The van der Waals surface area contributed by atoms with Crippen molar-refractivity contribution in [2.24, 2.45) is 11.8 Å². The van der Waals surface area contributed by atoms with Gasteiger partial charge < -0.3 is 10.4 Å². The molecule has 3 heterocycles. The number of aliphatic hydroxyl groups is 1. The third-order valence-corrected chi connectivity index (χ3v) is 6.70. The number of halogens is 2. The number of nitrogens with zero attached hydrogens (tertiary/aromatic N) is 5. The summed E-state index contributed by atoms with van der Waals surface area (Å²) in [5, 5.41) is 17.6. The quantitative estimate of drug-likeness (QED) is 0.410. The third kappa shape index (κ3) is 4.32. The Morgan fingerprint density at radius 1 is 1.30 bits per heavy atom. The molecule has 2 atom stereocenters. The summed E-state index contributed by atoms with van der Waals surface area (Å²) < 4.78 is 16.9. The number of pyridine rings is 1. The maximum absolute atomic E-state index is 14.7. The van der Waals surface area contributed by atoms with E-state index >= 15 is 0 Å². The van der Waals surface area contributed by atoms with E-state index in [1.54, 1.807) is 23.1 Å². The van der Waals surface area contributed by atoms with Crippen molar-refractivity contribution in [3.63, 3.8) is 0 Å². The summed E-state index contributed by atoms with van der Waals surface area (Å²) in [6.45, 7) is 0.223. The molecule has 0 bridgehead atoms. The number of aliphatic hydroxyl groups excluding tert-OH is 1. The molecule has 3 aromatic heterocycles. The molecule has 1 amide bonds. The Kier molecular flexibility index (Phi) is 6.03. The average Bonchev–Trinajstić information content (AvgIpc) is 3.42. The predicted octanol–water partition coefficient (Wildman–Crippen LogP) is 3.33. The van der Waals surface area contributed by atoms with Gasteiger partial charge in [-0.25, -0.2) is 19.0 Å². The highest BCUT2D eigenvalue weighted by molar-refractivity contribution is 9.10. The number of rotatable bonds is 6. The van der Waals surface area contributed by atoms with Crippen LogP contribution in [0.15, 0.2) is 41.3 Å². The Balaban J connectivity index is 1.42. The van der Waals surface area contributed by atoms with Crippen LogP contribution < -0.4 is 5.32 Å². The smallest absolute Gasteiger partial charge is 0.223 e. The van der Waals surface area contributed by atoms with E-state index in [-0.39, 0.29) is 25.0 Å². The number of fused-ring (bicyclic) bond motifs is 2. The van der Waals surface area contributed by atoms with E-state index in [9.17, 15) is 9.18 Å². The maximum Gasteiger partial charge on any atom is 0.223 e. The molecule has 2 N–H and O–H groups in total. The van der Waals surface area contributed by atoms with E-state index in [0.29, 0.717) is 45.0 Å². The lowest BCUT2D eigenvalue weighted by atomic mass is 10.0. The number of carbonyl (C=O) groups is 1. The van der Waals surface area contributed by atoms with Gasteiger partial charge in [-0.15, -0.1) is 0 Å². The van der Waals surface area contributed by atoms with E-state index in [2.05, 4.69) is 36.3 Å². The standard InChI is InChI=1S/C23H22BrFN6O2/c24-21-17-12-28-19(9-13-3-4-15(8-13)23(33)27-6-7-32)29-22(17)31(30-21)16-10-14-2-1-5-26-20(14)18(25)11-16/h1-2,5,10-13,15,32H,3-4,6-9H2,(H,27,33)/t13-,15-/m1/s1. The molecule has 4 aromatic rings. The van der Waals surface area contributed by atoms with Gasteiger partial charge >= 0.3 is 0 Å². The second-order valence-electron chi connectivity index (χ2n) is 8.32. The molecule has 33 heavy (non-hydrogen) atoms. The van der Waals surface area contributed by atoms with Crippen molar-refractivity contribution < 1.29 is 14.3 Å². The Hall–Kier alpha value is -2.98. The maximum atomic E-state index is 14.7. The minimum Gasteiger partial charge on any atom is -0.395 e. The van der Waals surface area contributed by atoms with Crippen LogP contribution in [-0.4, -0.2) is 48.9 Å². The van der Waals surface area contributed by atoms with Crippen molar-refractivity contribution in [1.82, 2.24) is 30.0 Å². The summed E-state index contributed by atoms with van der Waals surface area (Å²) in [6, 6.07) is 6.81. The first-order valence-corrected chi connectivity index (χ1v) is 11.7. The predicted molar refractivity (Wildman–Crippen MR) is 124 cm³/mol. The molecular formula is C23H22BrFN6O2. The molecule has 170 valence electrons. The fourth-order valence-corrected chi connectivity index (χ4v) is 4.96. The second kappa shape index (κ2) is 9.11. The minimum atomic E-state index is -0.423. The lowest BCUT2D eigenvalue weighted by molar-refractivity contribution is -0.125.